The molecule has 6 heteroatoms. The Labute approximate surface area is 125 Å². The van der Waals surface area contributed by atoms with Crippen LogP contribution in [0, 0.1) is 0 Å². The maximum absolute atomic E-state index is 12.6. The summed E-state index contributed by atoms with van der Waals surface area (Å²) in [7, 11) is 1.91. The lowest BCUT2D eigenvalue weighted by molar-refractivity contribution is -0.169. The zero-order chi connectivity index (χ0) is 14.9. The summed E-state index contributed by atoms with van der Waals surface area (Å²) >= 11 is 0. The molecule has 0 N–H and O–H groups in total. The number of aromatic nitrogens is 2. The number of hydrogen-bond donors (Lipinski definition) is 0. The Morgan fingerprint density at radius 1 is 1.57 bits per heavy atom. The maximum Gasteiger partial charge on any atom is 0.228 e. The van der Waals surface area contributed by atoms with Gasteiger partial charge in [-0.05, 0) is 6.42 Å². The predicted molar refractivity (Wildman–Crippen MR) is 76.8 cm³/mol. The van der Waals surface area contributed by atoms with Gasteiger partial charge in [-0.2, -0.15) is 0 Å². The Kier molecular flexibility index (Phi) is 3.99. The van der Waals surface area contributed by atoms with Gasteiger partial charge in [0, 0.05) is 38.5 Å². The van der Waals surface area contributed by atoms with Crippen LogP contribution in [-0.4, -0.2) is 58.4 Å². The molecular formula is C15H23N3O3. The number of carbonyl (C=O) groups is 1. The predicted octanol–water partition coefficient (Wildman–Crippen LogP) is 0.759. The van der Waals surface area contributed by atoms with Crippen LogP contribution in [0.4, 0.5) is 0 Å². The lowest BCUT2D eigenvalue weighted by atomic mass is 9.98. The van der Waals surface area contributed by atoms with Gasteiger partial charge in [0.15, 0.2) is 0 Å². The van der Waals surface area contributed by atoms with Crippen LogP contribution in [0.2, 0.25) is 0 Å². The van der Waals surface area contributed by atoms with Gasteiger partial charge in [-0.3, -0.25) is 4.79 Å². The smallest absolute Gasteiger partial charge is 0.228 e. The van der Waals surface area contributed by atoms with Gasteiger partial charge in [-0.15, -0.1) is 0 Å². The van der Waals surface area contributed by atoms with Crippen molar-refractivity contribution < 1.29 is 14.3 Å². The lowest BCUT2D eigenvalue weighted by Crippen LogP contribution is -2.57. The fourth-order valence-corrected chi connectivity index (χ4v) is 3.12. The standard InChI is InChI=1S/C15H23N3O3/c1-3-13-8-18(9-15(21-13)4-5-20-10-15)14(19)6-12-7-16-11-17(12)2/h7,11,13H,3-6,8-10H2,1-2H3. The van der Waals surface area contributed by atoms with E-state index in [9.17, 15) is 4.79 Å². The number of hydrogen-bond acceptors (Lipinski definition) is 4. The van der Waals surface area contributed by atoms with Crippen molar-refractivity contribution in [2.75, 3.05) is 26.3 Å². The van der Waals surface area contributed by atoms with Crippen molar-refractivity contribution in [1.82, 2.24) is 14.5 Å². The summed E-state index contributed by atoms with van der Waals surface area (Å²) in [5.41, 5.74) is 0.650. The van der Waals surface area contributed by atoms with Gasteiger partial charge in [0.25, 0.3) is 0 Å². The third kappa shape index (κ3) is 2.96. The number of amides is 1. The molecule has 1 aromatic rings. The van der Waals surface area contributed by atoms with Crippen molar-refractivity contribution in [2.24, 2.45) is 7.05 Å². The topological polar surface area (TPSA) is 56.6 Å². The van der Waals surface area contributed by atoms with Crippen molar-refractivity contribution >= 4 is 5.91 Å². The first kappa shape index (κ1) is 14.5. The average Bonchev–Trinajstić information content (AvgIpc) is 3.08. The van der Waals surface area contributed by atoms with Crippen molar-refractivity contribution in [3.63, 3.8) is 0 Å². The molecule has 2 unspecified atom stereocenters. The summed E-state index contributed by atoms with van der Waals surface area (Å²) in [6.07, 6.45) is 5.77. The van der Waals surface area contributed by atoms with E-state index in [0.29, 0.717) is 26.1 Å². The fourth-order valence-electron chi connectivity index (χ4n) is 3.12. The van der Waals surface area contributed by atoms with E-state index in [-0.39, 0.29) is 17.6 Å². The molecule has 2 aliphatic rings. The van der Waals surface area contributed by atoms with Crippen molar-refractivity contribution in [1.29, 1.82) is 0 Å². The minimum atomic E-state index is -0.291. The summed E-state index contributed by atoms with van der Waals surface area (Å²) in [6.45, 7) is 4.73. The molecule has 3 rings (SSSR count). The minimum absolute atomic E-state index is 0.107. The molecule has 2 fully saturated rings. The van der Waals surface area contributed by atoms with E-state index in [2.05, 4.69) is 11.9 Å². The van der Waals surface area contributed by atoms with Crippen LogP contribution in [0.3, 0.4) is 0 Å². The van der Waals surface area contributed by atoms with E-state index in [1.165, 1.54) is 0 Å². The number of carbonyl (C=O) groups excluding carboxylic acids is 1. The van der Waals surface area contributed by atoms with E-state index in [4.69, 9.17) is 9.47 Å². The highest BCUT2D eigenvalue weighted by molar-refractivity contribution is 5.78. The molecule has 116 valence electrons. The Bertz CT molecular complexity index is 508. The van der Waals surface area contributed by atoms with E-state index in [1.54, 1.807) is 12.5 Å². The molecule has 21 heavy (non-hydrogen) atoms. The second-order valence-electron chi connectivity index (χ2n) is 6.08. The molecule has 0 aromatic carbocycles. The van der Waals surface area contributed by atoms with Gasteiger partial charge in [0.1, 0.15) is 5.60 Å². The van der Waals surface area contributed by atoms with Crippen LogP contribution in [0.25, 0.3) is 0 Å². The highest BCUT2D eigenvalue weighted by atomic mass is 16.6. The SMILES string of the molecule is CCC1CN(C(=O)Cc2cncn2C)CC2(CCOC2)O1. The van der Waals surface area contributed by atoms with Crippen molar-refractivity contribution in [3.8, 4) is 0 Å². The van der Waals surface area contributed by atoms with Crippen molar-refractivity contribution in [2.45, 2.75) is 37.9 Å². The number of ether oxygens (including phenoxy) is 2. The molecule has 1 aromatic heterocycles. The van der Waals surface area contributed by atoms with Gasteiger partial charge in [0.05, 0.1) is 32.0 Å². The van der Waals surface area contributed by atoms with Crippen LogP contribution in [0.1, 0.15) is 25.5 Å². The quantitative estimate of drug-likeness (QED) is 0.825. The first-order valence-corrected chi connectivity index (χ1v) is 7.60. The molecule has 2 aliphatic heterocycles. The van der Waals surface area contributed by atoms with E-state index >= 15 is 0 Å². The van der Waals surface area contributed by atoms with Crippen LogP contribution >= 0.6 is 0 Å². The minimum Gasteiger partial charge on any atom is -0.378 e. The summed E-state index contributed by atoms with van der Waals surface area (Å²) < 4.78 is 13.6. The number of nitrogens with zero attached hydrogens (tertiary/aromatic N) is 3. The second-order valence-corrected chi connectivity index (χ2v) is 6.08. The summed E-state index contributed by atoms with van der Waals surface area (Å²) in [4.78, 5) is 18.6. The largest absolute Gasteiger partial charge is 0.378 e. The Morgan fingerprint density at radius 3 is 3.05 bits per heavy atom. The Balaban J connectivity index is 1.71. The number of morpholine rings is 1. The molecule has 2 atom stereocenters. The van der Waals surface area contributed by atoms with Gasteiger partial charge < -0.3 is 18.9 Å². The normalized spacial score (nSPS) is 29.2. The summed E-state index contributed by atoms with van der Waals surface area (Å²) in [6, 6.07) is 0. The molecule has 0 aliphatic carbocycles. The molecule has 0 bridgehead atoms. The maximum atomic E-state index is 12.6. The van der Waals surface area contributed by atoms with Crippen LogP contribution < -0.4 is 0 Å². The molecule has 1 amide bonds. The number of aryl methyl sites for hydroxylation is 1. The highest BCUT2D eigenvalue weighted by Gasteiger charge is 2.44. The van der Waals surface area contributed by atoms with E-state index in [1.807, 2.05) is 16.5 Å². The molecule has 6 nitrogen and oxygen atoms in total. The summed E-state index contributed by atoms with van der Waals surface area (Å²) in [5.74, 6) is 0.145. The van der Waals surface area contributed by atoms with Crippen LogP contribution in [0.5, 0.6) is 0 Å². The molecular weight excluding hydrogens is 270 g/mol. The number of imidazole rings is 1. The second kappa shape index (κ2) is 5.77. The third-order valence-electron chi connectivity index (χ3n) is 4.44. The van der Waals surface area contributed by atoms with Crippen molar-refractivity contribution in [3.05, 3.63) is 18.2 Å². The first-order chi connectivity index (χ1) is 10.1. The fraction of sp³-hybridized carbons (Fsp3) is 0.733. The third-order valence-corrected chi connectivity index (χ3v) is 4.44. The van der Waals surface area contributed by atoms with Gasteiger partial charge in [-0.1, -0.05) is 6.92 Å². The van der Waals surface area contributed by atoms with E-state index in [0.717, 1.165) is 25.1 Å². The van der Waals surface area contributed by atoms with Gasteiger partial charge in [-0.25, -0.2) is 4.98 Å². The lowest BCUT2D eigenvalue weighted by Gasteiger charge is -2.43. The number of rotatable bonds is 3. The Morgan fingerprint density at radius 2 is 2.43 bits per heavy atom. The summed E-state index contributed by atoms with van der Waals surface area (Å²) in [5, 5.41) is 0. The Hall–Kier alpha value is -1.40. The molecule has 3 heterocycles. The van der Waals surface area contributed by atoms with Gasteiger partial charge in [0.2, 0.25) is 5.91 Å². The zero-order valence-electron chi connectivity index (χ0n) is 12.7. The molecule has 1 spiro atoms. The monoisotopic (exact) mass is 293 g/mol. The van der Waals surface area contributed by atoms with Crippen LogP contribution in [0.15, 0.2) is 12.5 Å². The highest BCUT2D eigenvalue weighted by Crippen LogP contribution is 2.31. The van der Waals surface area contributed by atoms with E-state index < -0.39 is 0 Å². The molecule has 2 saturated heterocycles. The molecule has 0 saturated carbocycles. The van der Waals surface area contributed by atoms with Crippen LogP contribution in [-0.2, 0) is 27.7 Å². The molecule has 0 radical (unpaired) electrons. The van der Waals surface area contributed by atoms with Gasteiger partial charge >= 0.3 is 0 Å². The average molecular weight is 293 g/mol. The zero-order valence-corrected chi connectivity index (χ0v) is 12.7. The first-order valence-electron chi connectivity index (χ1n) is 7.60.